The molecule has 0 saturated heterocycles. The van der Waals surface area contributed by atoms with Crippen LogP contribution in [-0.2, 0) is 21.3 Å². The van der Waals surface area contributed by atoms with Crippen LogP contribution in [0.5, 0.6) is 11.5 Å². The fourth-order valence-electron chi connectivity index (χ4n) is 3.78. The third kappa shape index (κ3) is 4.78. The summed E-state index contributed by atoms with van der Waals surface area (Å²) in [5, 5.41) is 0.630. The molecule has 0 radical (unpaired) electrons. The number of methoxy groups -OCH3 is 1. The molecular weight excluding hydrogens is 464 g/mol. The third-order valence-electron chi connectivity index (χ3n) is 5.49. The molecule has 0 aliphatic heterocycles. The summed E-state index contributed by atoms with van der Waals surface area (Å²) in [6, 6.07) is 22.7. The van der Waals surface area contributed by atoms with Crippen molar-refractivity contribution in [3.63, 3.8) is 0 Å². The first-order chi connectivity index (χ1) is 16.9. The van der Waals surface area contributed by atoms with Crippen LogP contribution in [-0.4, -0.2) is 37.0 Å². The van der Waals surface area contributed by atoms with Crippen molar-refractivity contribution >= 4 is 27.0 Å². The highest BCUT2D eigenvalue weighted by Gasteiger charge is 2.30. The lowest BCUT2D eigenvalue weighted by atomic mass is 10.2. The second-order valence-corrected chi connectivity index (χ2v) is 9.74. The Morgan fingerprint density at radius 1 is 1.00 bits per heavy atom. The van der Waals surface area contributed by atoms with Gasteiger partial charge < -0.3 is 9.47 Å². The van der Waals surface area contributed by atoms with Gasteiger partial charge in [-0.2, -0.15) is 4.31 Å². The number of nitrogens with zero attached hydrogens (tertiary/aromatic N) is 2. The number of para-hydroxylation sites is 2. The minimum Gasteiger partial charge on any atom is -0.455 e. The van der Waals surface area contributed by atoms with E-state index in [2.05, 4.69) is 5.92 Å². The smallest absolute Gasteiger partial charge is 0.418 e. The molecule has 8 heteroatoms. The van der Waals surface area contributed by atoms with E-state index in [1.54, 1.807) is 42.5 Å². The molecule has 0 fully saturated rings. The van der Waals surface area contributed by atoms with Gasteiger partial charge in [-0.3, -0.25) is 0 Å². The van der Waals surface area contributed by atoms with Crippen molar-refractivity contribution in [3.05, 3.63) is 90.1 Å². The number of carbonyl (C=O) groups excluding carboxylic acids is 1. The zero-order valence-corrected chi connectivity index (χ0v) is 20.2. The fraction of sp³-hybridized carbons (Fsp3) is 0.148. The number of ether oxygens (including phenoxy) is 2. The van der Waals surface area contributed by atoms with Crippen LogP contribution in [0.15, 0.2) is 83.8 Å². The van der Waals surface area contributed by atoms with Gasteiger partial charge in [0.25, 0.3) is 0 Å². The number of hydrogen-bond donors (Lipinski definition) is 0. The van der Waals surface area contributed by atoms with E-state index in [4.69, 9.17) is 15.9 Å². The molecule has 7 nitrogen and oxygen atoms in total. The van der Waals surface area contributed by atoms with Gasteiger partial charge in [0.2, 0.25) is 10.0 Å². The minimum absolute atomic E-state index is 0.101. The summed E-state index contributed by atoms with van der Waals surface area (Å²) in [5.74, 6) is 3.30. The van der Waals surface area contributed by atoms with Gasteiger partial charge >= 0.3 is 6.09 Å². The second kappa shape index (κ2) is 10.1. The maximum atomic E-state index is 13.5. The third-order valence-corrected chi connectivity index (χ3v) is 7.30. The van der Waals surface area contributed by atoms with E-state index in [0.29, 0.717) is 28.1 Å². The summed E-state index contributed by atoms with van der Waals surface area (Å²) in [7, 11) is -2.72. The Morgan fingerprint density at radius 2 is 1.66 bits per heavy atom. The second-order valence-electron chi connectivity index (χ2n) is 7.80. The Balaban J connectivity index is 1.90. The van der Waals surface area contributed by atoms with Crippen molar-refractivity contribution in [2.75, 3.05) is 13.7 Å². The lowest BCUT2D eigenvalue weighted by molar-refractivity contribution is 0.172. The van der Waals surface area contributed by atoms with Crippen molar-refractivity contribution in [3.8, 4) is 23.8 Å². The summed E-state index contributed by atoms with van der Waals surface area (Å²) < 4.78 is 40.8. The van der Waals surface area contributed by atoms with Gasteiger partial charge in [0.15, 0.2) is 5.75 Å². The molecule has 0 atom stereocenters. The first-order valence-corrected chi connectivity index (χ1v) is 12.2. The summed E-state index contributed by atoms with van der Waals surface area (Å²) in [6.07, 6.45) is 4.88. The molecule has 1 heterocycles. The molecule has 0 spiro atoms. The molecule has 4 aromatic rings. The topological polar surface area (TPSA) is 77.8 Å². The Morgan fingerprint density at radius 3 is 2.31 bits per heavy atom. The van der Waals surface area contributed by atoms with Crippen LogP contribution in [0.2, 0.25) is 0 Å². The van der Waals surface area contributed by atoms with Crippen molar-refractivity contribution in [1.82, 2.24) is 8.87 Å². The van der Waals surface area contributed by atoms with Crippen LogP contribution in [0.1, 0.15) is 11.3 Å². The van der Waals surface area contributed by atoms with Crippen LogP contribution in [0.4, 0.5) is 4.79 Å². The van der Waals surface area contributed by atoms with E-state index < -0.39 is 16.1 Å². The predicted octanol–water partition coefficient (Wildman–Crippen LogP) is 5.18. The van der Waals surface area contributed by atoms with Gasteiger partial charge in [-0.1, -0.05) is 53.9 Å². The average Bonchev–Trinajstić information content (AvgIpc) is 3.17. The number of sulfonamides is 1. The van der Waals surface area contributed by atoms with E-state index in [-0.39, 0.29) is 18.0 Å². The van der Waals surface area contributed by atoms with Crippen molar-refractivity contribution in [2.45, 2.75) is 18.4 Å². The van der Waals surface area contributed by atoms with E-state index in [0.717, 1.165) is 9.87 Å². The molecule has 0 aliphatic rings. The maximum absolute atomic E-state index is 13.5. The van der Waals surface area contributed by atoms with E-state index in [9.17, 15) is 13.2 Å². The van der Waals surface area contributed by atoms with Crippen molar-refractivity contribution in [1.29, 1.82) is 0 Å². The average molecular weight is 489 g/mol. The van der Waals surface area contributed by atoms with Crippen LogP contribution >= 0.6 is 0 Å². The van der Waals surface area contributed by atoms with Crippen LogP contribution < -0.4 is 4.74 Å². The molecule has 0 amide bonds. The van der Waals surface area contributed by atoms with Crippen molar-refractivity contribution in [2.24, 2.45) is 0 Å². The number of rotatable bonds is 7. The molecule has 0 bridgehead atoms. The Kier molecular flexibility index (Phi) is 6.92. The Labute approximate surface area is 204 Å². The molecular formula is C27H24N2O5S. The lowest BCUT2D eigenvalue weighted by Gasteiger charge is -2.21. The quantitative estimate of drug-likeness (QED) is 0.335. The van der Waals surface area contributed by atoms with Gasteiger partial charge in [-0.25, -0.2) is 17.8 Å². The highest BCUT2D eigenvalue weighted by atomic mass is 32.2. The molecule has 0 unspecified atom stereocenters. The SMILES string of the molecule is C#CCN(Cc1c(Oc2ccccc2)c2ccccc2n1C(=O)OC)S(=O)(=O)c1ccc(C)cc1. The van der Waals surface area contributed by atoms with Gasteiger partial charge in [0.1, 0.15) is 5.75 Å². The zero-order valence-electron chi connectivity index (χ0n) is 19.3. The summed E-state index contributed by atoms with van der Waals surface area (Å²) in [6.45, 7) is 1.45. The van der Waals surface area contributed by atoms with Crippen molar-refractivity contribution < 1.29 is 22.7 Å². The number of aryl methyl sites for hydroxylation is 1. The van der Waals surface area contributed by atoms with Gasteiger partial charge in [-0.05, 0) is 43.3 Å². The molecule has 4 rings (SSSR count). The number of carbonyl (C=O) groups is 1. The number of terminal acetylenes is 1. The molecule has 3 aromatic carbocycles. The minimum atomic E-state index is -3.98. The van der Waals surface area contributed by atoms with Gasteiger partial charge in [-0.15, -0.1) is 6.42 Å². The predicted molar refractivity (Wildman–Crippen MR) is 134 cm³/mol. The van der Waals surface area contributed by atoms with Crippen LogP contribution in [0.25, 0.3) is 10.9 Å². The zero-order chi connectivity index (χ0) is 25.0. The van der Waals surface area contributed by atoms with Crippen LogP contribution in [0.3, 0.4) is 0 Å². The normalized spacial score (nSPS) is 11.4. The van der Waals surface area contributed by atoms with E-state index in [1.165, 1.54) is 23.8 Å². The first kappa shape index (κ1) is 24.1. The first-order valence-electron chi connectivity index (χ1n) is 10.8. The Hall–Kier alpha value is -4.06. The monoisotopic (exact) mass is 488 g/mol. The van der Waals surface area contributed by atoms with E-state index in [1.807, 2.05) is 31.2 Å². The summed E-state index contributed by atoms with van der Waals surface area (Å²) in [4.78, 5) is 13.0. The number of benzene rings is 3. The lowest BCUT2D eigenvalue weighted by Crippen LogP contribution is -2.32. The number of aromatic nitrogens is 1. The molecule has 0 aliphatic carbocycles. The summed E-state index contributed by atoms with van der Waals surface area (Å²) >= 11 is 0. The fourth-order valence-corrected chi connectivity index (χ4v) is 5.09. The molecule has 0 saturated carbocycles. The summed E-state index contributed by atoms with van der Waals surface area (Å²) in [5.41, 5.74) is 1.75. The van der Waals surface area contributed by atoms with E-state index >= 15 is 0 Å². The number of hydrogen-bond acceptors (Lipinski definition) is 5. The molecule has 178 valence electrons. The highest BCUT2D eigenvalue weighted by molar-refractivity contribution is 7.89. The molecule has 35 heavy (non-hydrogen) atoms. The van der Waals surface area contributed by atoms with Gasteiger partial charge in [0.05, 0.1) is 36.3 Å². The Bertz CT molecular complexity index is 1500. The largest absolute Gasteiger partial charge is 0.455 e. The number of fused-ring (bicyclic) bond motifs is 1. The molecule has 0 N–H and O–H groups in total. The standard InChI is InChI=1S/C27H24N2O5S/c1-4-18-28(35(31,32)22-16-14-20(2)15-17-22)19-25-26(34-21-10-6-5-7-11-21)23-12-8-9-13-24(23)29(25)27(30)33-3/h1,5-17H,18-19H2,2-3H3. The van der Waals surface area contributed by atoms with Gasteiger partial charge in [0, 0.05) is 5.39 Å². The van der Waals surface area contributed by atoms with Crippen LogP contribution in [0, 0.1) is 19.3 Å². The molecule has 1 aromatic heterocycles. The maximum Gasteiger partial charge on any atom is 0.418 e. The highest BCUT2D eigenvalue weighted by Crippen LogP contribution is 2.38.